The van der Waals surface area contributed by atoms with Crippen molar-refractivity contribution in [2.24, 2.45) is 17.6 Å². The van der Waals surface area contributed by atoms with E-state index in [4.69, 9.17) is 5.73 Å². The molecule has 7 atom stereocenters. The summed E-state index contributed by atoms with van der Waals surface area (Å²) in [6.45, 7) is 3.27. The zero-order chi connectivity index (χ0) is 30.2. The quantitative estimate of drug-likeness (QED) is 0.179. The molecule has 0 saturated heterocycles. The van der Waals surface area contributed by atoms with Gasteiger partial charge in [-0.15, -0.1) is 0 Å². The number of aliphatic hydroxyl groups excluding tert-OH is 3. The van der Waals surface area contributed by atoms with Crippen LogP contribution in [-0.2, 0) is 19.2 Å². The van der Waals surface area contributed by atoms with Crippen molar-refractivity contribution in [3.8, 4) is 5.75 Å². The minimum Gasteiger partial charge on any atom is -0.508 e. The minimum atomic E-state index is -2.99. The third-order valence-corrected chi connectivity index (χ3v) is 8.54. The largest absolute Gasteiger partial charge is 0.508 e. The van der Waals surface area contributed by atoms with Gasteiger partial charge in [0.25, 0.3) is 5.91 Å². The number of nitrogens with two attached hydrogens (primary N) is 1. The molecular weight excluding hydrogens is 524 g/mol. The Morgan fingerprint density at radius 3 is 2.23 bits per heavy atom. The Morgan fingerprint density at radius 2 is 1.70 bits per heavy atom. The summed E-state index contributed by atoms with van der Waals surface area (Å²) in [5, 5.41) is 59.4. The van der Waals surface area contributed by atoms with Gasteiger partial charge < -0.3 is 36.6 Å². The lowest BCUT2D eigenvalue weighted by molar-refractivity contribution is -0.169. The normalized spacial score (nSPS) is 30.7. The van der Waals surface area contributed by atoms with E-state index >= 15 is 0 Å². The lowest BCUT2D eigenvalue weighted by atomic mass is 9.54. The highest BCUT2D eigenvalue weighted by molar-refractivity contribution is 6.24. The smallest absolute Gasteiger partial charge is 0.255 e. The summed E-state index contributed by atoms with van der Waals surface area (Å²) in [5.41, 5.74) is 0.917. The average molecular weight is 559 g/mol. The van der Waals surface area contributed by atoms with E-state index in [0.29, 0.717) is 5.56 Å². The number of carbonyl (C=O) groups is 4. The van der Waals surface area contributed by atoms with Gasteiger partial charge in [0.15, 0.2) is 11.4 Å². The summed E-state index contributed by atoms with van der Waals surface area (Å²) in [7, 11) is 6.27. The number of likely N-dealkylation sites (N-methyl/N-ethyl adjacent to an activating group) is 2. The van der Waals surface area contributed by atoms with Crippen LogP contribution in [0.5, 0.6) is 5.75 Å². The standard InChI is InChI=1S/C27H34N4O9/c1-9-11-7-8-12(29-26(39)10(2)30(3)4)19(32)14(11)20(33)15-13(9)21(34)17-18(31(5)6)22(35)16(25(28)38)24(37)27(17,40)23(15)36/h7-10,13,17-18,21,32-34,37,40H,1-6H3,(H2,28,38)(H,29,39)/t9?,10?,13?,17?,18-,21?,27-/m0/s1. The van der Waals surface area contributed by atoms with Gasteiger partial charge in [0.05, 0.1) is 35.4 Å². The van der Waals surface area contributed by atoms with Gasteiger partial charge >= 0.3 is 0 Å². The van der Waals surface area contributed by atoms with E-state index in [1.165, 1.54) is 31.1 Å². The summed E-state index contributed by atoms with van der Waals surface area (Å²) in [6.07, 6.45) is -1.68. The molecule has 0 spiro atoms. The molecule has 0 bridgehead atoms. The summed E-state index contributed by atoms with van der Waals surface area (Å²) in [4.78, 5) is 54.9. The Kier molecular flexibility index (Phi) is 7.08. The number of ketones is 2. The maximum Gasteiger partial charge on any atom is 0.255 e. The van der Waals surface area contributed by atoms with Crippen molar-refractivity contribution in [1.29, 1.82) is 0 Å². The molecule has 0 heterocycles. The Labute approximate surface area is 230 Å². The summed E-state index contributed by atoms with van der Waals surface area (Å²) in [5.74, 6) is -10.2. The number of carbonyl (C=O) groups excluding carboxylic acids is 4. The van der Waals surface area contributed by atoms with Crippen LogP contribution in [0.4, 0.5) is 5.69 Å². The van der Waals surface area contributed by atoms with Crippen LogP contribution in [-0.4, -0.2) is 111 Å². The monoisotopic (exact) mass is 558 g/mol. The number of rotatable bonds is 5. The molecule has 3 aliphatic carbocycles. The third kappa shape index (κ3) is 3.84. The summed E-state index contributed by atoms with van der Waals surface area (Å²) in [6, 6.07) is 0.958. The first kappa shape index (κ1) is 29.2. The Balaban J connectivity index is 1.95. The van der Waals surface area contributed by atoms with E-state index in [-0.39, 0.29) is 11.3 Å². The third-order valence-electron chi connectivity index (χ3n) is 8.54. The number of anilines is 1. The Bertz CT molecular complexity index is 1400. The van der Waals surface area contributed by atoms with E-state index in [0.717, 1.165) is 0 Å². The number of amides is 2. The van der Waals surface area contributed by atoms with Gasteiger partial charge in [0.2, 0.25) is 11.7 Å². The van der Waals surface area contributed by atoms with Crippen LogP contribution >= 0.6 is 0 Å². The molecule has 8 N–H and O–H groups in total. The van der Waals surface area contributed by atoms with Crippen molar-refractivity contribution in [2.45, 2.75) is 43.6 Å². The van der Waals surface area contributed by atoms with Crippen molar-refractivity contribution in [3.05, 3.63) is 40.2 Å². The van der Waals surface area contributed by atoms with E-state index in [1.807, 2.05) is 0 Å². The van der Waals surface area contributed by atoms with Gasteiger partial charge in [0, 0.05) is 11.5 Å². The number of phenolic OH excluding ortho intramolecular Hbond substituents is 1. The average Bonchev–Trinajstić information content (AvgIpc) is 2.86. The van der Waals surface area contributed by atoms with Gasteiger partial charge in [0.1, 0.15) is 22.8 Å². The van der Waals surface area contributed by atoms with E-state index in [1.54, 1.807) is 32.8 Å². The van der Waals surface area contributed by atoms with Gasteiger partial charge in [-0.3, -0.25) is 29.0 Å². The first-order valence-electron chi connectivity index (χ1n) is 12.7. The number of benzene rings is 1. The fourth-order valence-electron chi connectivity index (χ4n) is 6.19. The van der Waals surface area contributed by atoms with Gasteiger partial charge in [-0.1, -0.05) is 13.0 Å². The zero-order valence-electron chi connectivity index (χ0n) is 23.0. The number of hydrogen-bond donors (Lipinski definition) is 7. The van der Waals surface area contributed by atoms with Crippen LogP contribution in [0.1, 0.15) is 30.9 Å². The number of aliphatic hydroxyl groups is 4. The van der Waals surface area contributed by atoms with Crippen molar-refractivity contribution in [3.63, 3.8) is 0 Å². The SMILES string of the molecule is CC1c2ccc(NC(=O)C(C)N(C)C)c(O)c2C(O)=C2C(=O)[C@]3(O)C(O)=C(C(N)=O)C(=O)[C@@H](N(C)C)C3C(O)C21. The summed E-state index contributed by atoms with van der Waals surface area (Å²) < 4.78 is 0. The molecule has 13 heteroatoms. The van der Waals surface area contributed by atoms with Gasteiger partial charge in [-0.2, -0.15) is 0 Å². The zero-order valence-corrected chi connectivity index (χ0v) is 23.0. The van der Waals surface area contributed by atoms with E-state index < -0.39 is 93.3 Å². The minimum absolute atomic E-state index is 0.0506. The van der Waals surface area contributed by atoms with E-state index in [2.05, 4.69) is 5.32 Å². The number of nitrogens with one attached hydrogen (secondary N) is 1. The number of aromatic hydroxyl groups is 1. The molecule has 0 aliphatic heterocycles. The van der Waals surface area contributed by atoms with Crippen LogP contribution in [0.25, 0.3) is 5.76 Å². The highest BCUT2D eigenvalue weighted by Gasteiger charge is 2.68. The molecule has 3 aliphatic rings. The molecule has 5 unspecified atom stereocenters. The molecule has 40 heavy (non-hydrogen) atoms. The first-order chi connectivity index (χ1) is 18.5. The van der Waals surface area contributed by atoms with Crippen molar-refractivity contribution < 1.29 is 44.7 Å². The van der Waals surface area contributed by atoms with Crippen LogP contribution in [0.15, 0.2) is 29.0 Å². The fourth-order valence-corrected chi connectivity index (χ4v) is 6.19. The first-order valence-corrected chi connectivity index (χ1v) is 12.7. The van der Waals surface area contributed by atoms with E-state index in [9.17, 15) is 44.7 Å². The molecule has 1 aromatic carbocycles. The Hall–Kier alpha value is -3.78. The molecule has 0 radical (unpaired) electrons. The van der Waals surface area contributed by atoms with Crippen molar-refractivity contribution in [2.75, 3.05) is 33.5 Å². The maximum atomic E-state index is 14.0. The molecule has 2 amide bonds. The number of fused-ring (bicyclic) bond motifs is 3. The highest BCUT2D eigenvalue weighted by atomic mass is 16.4. The van der Waals surface area contributed by atoms with Gasteiger partial charge in [-0.25, -0.2) is 0 Å². The molecular formula is C27H34N4O9. The maximum absolute atomic E-state index is 14.0. The molecule has 1 aromatic rings. The summed E-state index contributed by atoms with van der Waals surface area (Å²) >= 11 is 0. The molecule has 13 nitrogen and oxygen atoms in total. The molecule has 216 valence electrons. The highest BCUT2D eigenvalue weighted by Crippen LogP contribution is 2.56. The molecule has 0 aromatic heterocycles. The van der Waals surface area contributed by atoms with Gasteiger partial charge in [-0.05, 0) is 52.7 Å². The van der Waals surface area contributed by atoms with Crippen molar-refractivity contribution in [1.82, 2.24) is 9.80 Å². The topological polar surface area (TPSA) is 214 Å². The second kappa shape index (κ2) is 9.70. The fraction of sp³-hybridized carbons (Fsp3) is 0.481. The second-order valence-electron chi connectivity index (χ2n) is 11.1. The number of primary amides is 1. The number of Topliss-reactive ketones (excluding diaryl/α,β-unsaturated/α-hetero) is 2. The van der Waals surface area contributed by atoms with Crippen LogP contribution in [0.2, 0.25) is 0 Å². The molecule has 1 fully saturated rings. The lowest BCUT2D eigenvalue weighted by Gasteiger charge is -2.53. The van der Waals surface area contributed by atoms with Crippen LogP contribution in [0, 0.1) is 11.8 Å². The predicted octanol–water partition coefficient (Wildman–Crippen LogP) is -0.616. The molecule has 4 rings (SSSR count). The van der Waals surface area contributed by atoms with Crippen LogP contribution in [0.3, 0.4) is 0 Å². The Morgan fingerprint density at radius 1 is 1.10 bits per heavy atom. The van der Waals surface area contributed by atoms with Crippen LogP contribution < -0.4 is 11.1 Å². The number of hydrogen-bond acceptors (Lipinski definition) is 11. The second-order valence-corrected chi connectivity index (χ2v) is 11.1. The van der Waals surface area contributed by atoms with Crippen molar-refractivity contribution >= 4 is 34.8 Å². The number of phenols is 1. The molecule has 1 saturated carbocycles. The predicted molar refractivity (Wildman–Crippen MR) is 142 cm³/mol. The number of nitrogens with zero attached hydrogens (tertiary/aromatic N) is 2. The lowest BCUT2D eigenvalue weighted by Crippen LogP contribution is -2.70.